The fourth-order valence-corrected chi connectivity index (χ4v) is 3.06. The lowest BCUT2D eigenvalue weighted by atomic mass is 10.1. The summed E-state index contributed by atoms with van der Waals surface area (Å²) in [5.74, 6) is -1.19. The monoisotopic (exact) mass is 421 g/mol. The molecule has 9 heteroatoms. The molecule has 1 heterocycles. The predicted octanol–water partition coefficient (Wildman–Crippen LogP) is 2.15. The molecule has 0 fully saturated rings. The number of para-hydroxylation sites is 1. The zero-order chi connectivity index (χ0) is 19.3. The lowest BCUT2D eigenvalue weighted by Gasteiger charge is -2.10. The normalized spacial score (nSPS) is 10.6. The van der Waals surface area contributed by atoms with Crippen molar-refractivity contribution in [3.63, 3.8) is 0 Å². The molecule has 0 atom stereocenters. The number of hydrogen-bond donors (Lipinski definition) is 4. The smallest absolute Gasteiger partial charge is 0.277 e. The van der Waals surface area contributed by atoms with E-state index >= 15 is 0 Å². The van der Waals surface area contributed by atoms with Gasteiger partial charge in [-0.15, -0.1) is 0 Å². The first-order valence-electron chi connectivity index (χ1n) is 8.02. The van der Waals surface area contributed by atoms with Crippen LogP contribution in [-0.2, 0) is 4.79 Å². The molecule has 2 rings (SSSR count). The molecule has 8 nitrogen and oxygen atoms in total. The van der Waals surface area contributed by atoms with Gasteiger partial charge in [-0.2, -0.15) is 5.10 Å². The number of amides is 3. The molecular formula is C17H20BrN5O3. The minimum atomic E-state index is -0.503. The average molecular weight is 422 g/mol. The van der Waals surface area contributed by atoms with Gasteiger partial charge in [0, 0.05) is 13.0 Å². The number of aromatic nitrogens is 2. The van der Waals surface area contributed by atoms with Gasteiger partial charge >= 0.3 is 0 Å². The van der Waals surface area contributed by atoms with E-state index in [9.17, 15) is 14.4 Å². The van der Waals surface area contributed by atoms with Crippen molar-refractivity contribution in [3.05, 3.63) is 45.7 Å². The molecule has 1 aromatic carbocycles. The molecule has 26 heavy (non-hydrogen) atoms. The Morgan fingerprint density at radius 3 is 2.54 bits per heavy atom. The molecule has 0 spiro atoms. The third kappa shape index (κ3) is 4.69. The molecule has 138 valence electrons. The van der Waals surface area contributed by atoms with Crippen molar-refractivity contribution in [1.29, 1.82) is 0 Å². The van der Waals surface area contributed by atoms with Crippen molar-refractivity contribution in [2.24, 2.45) is 5.73 Å². The third-order valence-corrected chi connectivity index (χ3v) is 4.40. The summed E-state index contributed by atoms with van der Waals surface area (Å²) in [6.45, 7) is 4.08. The van der Waals surface area contributed by atoms with Crippen LogP contribution in [0.3, 0.4) is 0 Å². The number of carbonyl (C=O) groups excluding carboxylic acids is 3. The molecule has 3 amide bonds. The van der Waals surface area contributed by atoms with Crippen LogP contribution in [0.2, 0.25) is 0 Å². The Hall–Kier alpha value is -2.68. The van der Waals surface area contributed by atoms with Crippen LogP contribution >= 0.6 is 15.9 Å². The number of carbonyl (C=O) groups is 3. The van der Waals surface area contributed by atoms with Crippen LogP contribution in [0, 0.1) is 0 Å². The summed E-state index contributed by atoms with van der Waals surface area (Å²) >= 11 is 3.38. The first kappa shape index (κ1) is 19.6. The SMILES string of the molecule is CC(C)c1[nH]nc(C(=O)Nc2ccccc2C(=O)NCCC(N)=O)c1Br. The molecule has 0 unspecified atom stereocenters. The predicted molar refractivity (Wildman–Crippen MR) is 101 cm³/mol. The van der Waals surface area contributed by atoms with Crippen molar-refractivity contribution in [2.75, 3.05) is 11.9 Å². The van der Waals surface area contributed by atoms with Gasteiger partial charge in [0.2, 0.25) is 5.91 Å². The Morgan fingerprint density at radius 1 is 1.23 bits per heavy atom. The maximum atomic E-state index is 12.5. The van der Waals surface area contributed by atoms with Crippen molar-refractivity contribution in [1.82, 2.24) is 15.5 Å². The van der Waals surface area contributed by atoms with E-state index in [1.54, 1.807) is 24.3 Å². The maximum Gasteiger partial charge on any atom is 0.277 e. The molecule has 0 saturated carbocycles. The van der Waals surface area contributed by atoms with E-state index in [-0.39, 0.29) is 30.1 Å². The number of hydrogen-bond acceptors (Lipinski definition) is 4. The molecule has 0 aliphatic heterocycles. The standard InChI is InChI=1S/C17H20BrN5O3/c1-9(2)14-13(18)15(23-22-14)17(26)21-11-6-4-3-5-10(11)16(25)20-8-7-12(19)24/h3-6,9H,7-8H2,1-2H3,(H2,19,24)(H,20,25)(H,21,26)(H,22,23). The highest BCUT2D eigenvalue weighted by Crippen LogP contribution is 2.26. The van der Waals surface area contributed by atoms with Crippen LogP contribution in [0.25, 0.3) is 0 Å². The van der Waals surface area contributed by atoms with Crippen LogP contribution in [0.15, 0.2) is 28.7 Å². The van der Waals surface area contributed by atoms with Gasteiger partial charge in [0.1, 0.15) is 0 Å². The first-order chi connectivity index (χ1) is 12.3. The largest absolute Gasteiger partial charge is 0.370 e. The average Bonchev–Trinajstić information content (AvgIpc) is 2.96. The lowest BCUT2D eigenvalue weighted by molar-refractivity contribution is -0.117. The topological polar surface area (TPSA) is 130 Å². The highest BCUT2D eigenvalue weighted by Gasteiger charge is 2.21. The van der Waals surface area contributed by atoms with Crippen LogP contribution in [-0.4, -0.2) is 34.5 Å². The van der Waals surface area contributed by atoms with E-state index in [2.05, 4.69) is 36.8 Å². The van der Waals surface area contributed by atoms with Gasteiger partial charge in [-0.05, 0) is 34.0 Å². The highest BCUT2D eigenvalue weighted by atomic mass is 79.9. The van der Waals surface area contributed by atoms with Gasteiger partial charge in [0.25, 0.3) is 11.8 Å². The van der Waals surface area contributed by atoms with Crippen molar-refractivity contribution < 1.29 is 14.4 Å². The Bertz CT molecular complexity index is 832. The second kappa shape index (κ2) is 8.61. The Kier molecular flexibility index (Phi) is 6.51. The quantitative estimate of drug-likeness (QED) is 0.545. The highest BCUT2D eigenvalue weighted by molar-refractivity contribution is 9.10. The fourth-order valence-electron chi connectivity index (χ4n) is 2.24. The van der Waals surface area contributed by atoms with E-state index in [0.717, 1.165) is 5.69 Å². The second-order valence-electron chi connectivity index (χ2n) is 5.93. The summed E-state index contributed by atoms with van der Waals surface area (Å²) in [4.78, 5) is 35.6. The van der Waals surface area contributed by atoms with E-state index < -0.39 is 17.7 Å². The number of nitrogens with zero attached hydrogens (tertiary/aromatic N) is 1. The molecule has 0 aliphatic rings. The molecule has 0 aliphatic carbocycles. The molecule has 1 aromatic heterocycles. The summed E-state index contributed by atoms with van der Waals surface area (Å²) < 4.78 is 0.591. The van der Waals surface area contributed by atoms with Gasteiger partial charge < -0.3 is 16.4 Å². The molecule has 0 radical (unpaired) electrons. The number of aromatic amines is 1. The van der Waals surface area contributed by atoms with Gasteiger partial charge in [-0.25, -0.2) is 0 Å². The van der Waals surface area contributed by atoms with Crippen LogP contribution in [0.4, 0.5) is 5.69 Å². The minimum Gasteiger partial charge on any atom is -0.370 e. The lowest BCUT2D eigenvalue weighted by Crippen LogP contribution is -2.29. The number of rotatable bonds is 7. The van der Waals surface area contributed by atoms with Crippen molar-refractivity contribution in [2.45, 2.75) is 26.2 Å². The van der Waals surface area contributed by atoms with Gasteiger partial charge in [-0.3, -0.25) is 19.5 Å². The van der Waals surface area contributed by atoms with E-state index in [1.165, 1.54) is 0 Å². The minimum absolute atomic E-state index is 0.0401. The third-order valence-electron chi connectivity index (χ3n) is 3.60. The van der Waals surface area contributed by atoms with Crippen molar-refractivity contribution in [3.8, 4) is 0 Å². The van der Waals surface area contributed by atoms with Gasteiger partial charge in [-0.1, -0.05) is 26.0 Å². The molecule has 0 saturated heterocycles. The number of nitrogens with two attached hydrogens (primary N) is 1. The van der Waals surface area contributed by atoms with Crippen LogP contribution in [0.5, 0.6) is 0 Å². The zero-order valence-corrected chi connectivity index (χ0v) is 16.0. The fraction of sp³-hybridized carbons (Fsp3) is 0.294. The maximum absolute atomic E-state index is 12.5. The van der Waals surface area contributed by atoms with E-state index in [0.29, 0.717) is 10.2 Å². The summed E-state index contributed by atoms with van der Waals surface area (Å²) in [5, 5.41) is 12.2. The van der Waals surface area contributed by atoms with E-state index in [4.69, 9.17) is 5.73 Å². The molecular weight excluding hydrogens is 402 g/mol. The summed E-state index contributed by atoms with van der Waals surface area (Å²) in [7, 11) is 0. The van der Waals surface area contributed by atoms with Gasteiger partial charge in [0.05, 0.1) is 21.4 Å². The van der Waals surface area contributed by atoms with Crippen LogP contribution in [0.1, 0.15) is 52.7 Å². The second-order valence-corrected chi connectivity index (χ2v) is 6.72. The Labute approximate surface area is 159 Å². The van der Waals surface area contributed by atoms with Crippen molar-refractivity contribution >= 4 is 39.3 Å². The number of nitrogens with one attached hydrogen (secondary N) is 3. The summed E-state index contributed by atoms with van der Waals surface area (Å²) in [6, 6.07) is 6.58. The number of H-pyrrole nitrogens is 1. The van der Waals surface area contributed by atoms with Crippen LogP contribution < -0.4 is 16.4 Å². The number of anilines is 1. The molecule has 0 bridgehead atoms. The summed E-state index contributed by atoms with van der Waals surface area (Å²) in [5.41, 5.74) is 6.69. The molecule has 5 N–H and O–H groups in total. The summed E-state index contributed by atoms with van der Waals surface area (Å²) in [6.07, 6.45) is 0.0401. The number of benzene rings is 1. The van der Waals surface area contributed by atoms with E-state index in [1.807, 2.05) is 13.8 Å². The Balaban J connectivity index is 2.16. The first-order valence-corrected chi connectivity index (χ1v) is 8.81. The van der Waals surface area contributed by atoms with Gasteiger partial charge in [0.15, 0.2) is 5.69 Å². The number of halogens is 1. The number of primary amides is 1. The molecule has 2 aromatic rings. The zero-order valence-electron chi connectivity index (χ0n) is 14.4. The Morgan fingerprint density at radius 2 is 1.92 bits per heavy atom.